The molecule has 3 rings (SSSR count). The normalized spacial score (nSPS) is 10.3. The van der Waals surface area contributed by atoms with Crippen molar-refractivity contribution in [3.63, 3.8) is 0 Å². The Hall–Kier alpha value is -2.63. The molecule has 0 atom stereocenters. The molecule has 0 aromatic heterocycles. The number of hydrogen-bond donors (Lipinski definition) is 2. The van der Waals surface area contributed by atoms with E-state index in [-0.39, 0.29) is 17.4 Å². The van der Waals surface area contributed by atoms with E-state index in [2.05, 4.69) is 26.6 Å². The van der Waals surface area contributed by atoms with Crippen molar-refractivity contribution in [2.24, 2.45) is 0 Å². The number of para-hydroxylation sites is 1. The molecule has 2 amide bonds. The van der Waals surface area contributed by atoms with Crippen molar-refractivity contribution >= 4 is 45.0 Å². The standard InChI is InChI=1S/C21H16BrClN2O2/c22-19-17(21(27)25-16-9-5-2-6-10-16)11-15(12-18(19)23)20(26)24-13-14-7-3-1-4-8-14/h1-12H,13H2,(H,24,26)(H,25,27). The molecule has 0 saturated carbocycles. The zero-order chi connectivity index (χ0) is 19.2. The average molecular weight is 444 g/mol. The maximum atomic E-state index is 12.6. The SMILES string of the molecule is O=C(NCc1ccccc1)c1cc(Cl)c(Br)c(C(=O)Nc2ccccc2)c1. The van der Waals surface area contributed by atoms with Crippen LogP contribution in [-0.4, -0.2) is 11.8 Å². The minimum Gasteiger partial charge on any atom is -0.348 e. The number of carbonyl (C=O) groups is 2. The highest BCUT2D eigenvalue weighted by atomic mass is 79.9. The second kappa shape index (κ2) is 8.84. The van der Waals surface area contributed by atoms with Gasteiger partial charge in [0.2, 0.25) is 0 Å². The van der Waals surface area contributed by atoms with Crippen molar-refractivity contribution < 1.29 is 9.59 Å². The van der Waals surface area contributed by atoms with Gasteiger partial charge in [-0.25, -0.2) is 0 Å². The van der Waals surface area contributed by atoms with Gasteiger partial charge in [0.1, 0.15) is 0 Å². The van der Waals surface area contributed by atoms with Crippen LogP contribution in [0.2, 0.25) is 5.02 Å². The molecule has 27 heavy (non-hydrogen) atoms. The molecule has 0 unspecified atom stereocenters. The zero-order valence-corrected chi connectivity index (χ0v) is 16.5. The van der Waals surface area contributed by atoms with Crippen LogP contribution in [0, 0.1) is 0 Å². The summed E-state index contributed by atoms with van der Waals surface area (Å²) in [7, 11) is 0. The van der Waals surface area contributed by atoms with Crippen molar-refractivity contribution in [3.8, 4) is 0 Å². The summed E-state index contributed by atoms with van der Waals surface area (Å²) in [5, 5.41) is 5.92. The van der Waals surface area contributed by atoms with Gasteiger partial charge >= 0.3 is 0 Å². The fourth-order valence-electron chi connectivity index (χ4n) is 2.49. The maximum Gasteiger partial charge on any atom is 0.256 e. The molecule has 0 bridgehead atoms. The van der Waals surface area contributed by atoms with Gasteiger partial charge in [0.25, 0.3) is 11.8 Å². The molecule has 3 aromatic rings. The molecule has 0 aliphatic carbocycles. The summed E-state index contributed by atoms with van der Waals surface area (Å²) in [6.45, 7) is 0.388. The number of hydrogen-bond acceptors (Lipinski definition) is 2. The highest BCUT2D eigenvalue weighted by Gasteiger charge is 2.17. The molecule has 0 heterocycles. The number of carbonyl (C=O) groups excluding carboxylic acids is 2. The Bertz CT molecular complexity index is 963. The average Bonchev–Trinajstić information content (AvgIpc) is 2.69. The Morgan fingerprint density at radius 2 is 1.52 bits per heavy atom. The fourth-order valence-corrected chi connectivity index (χ4v) is 3.11. The first-order valence-electron chi connectivity index (χ1n) is 8.22. The molecule has 0 spiro atoms. The van der Waals surface area contributed by atoms with Gasteiger partial charge in [0.15, 0.2) is 0 Å². The first kappa shape index (κ1) is 19.1. The zero-order valence-electron chi connectivity index (χ0n) is 14.2. The lowest BCUT2D eigenvalue weighted by atomic mass is 10.1. The Balaban J connectivity index is 1.78. The lowest BCUT2D eigenvalue weighted by molar-refractivity contribution is 0.0951. The maximum absolute atomic E-state index is 12.6. The van der Waals surface area contributed by atoms with Crippen LogP contribution in [0.3, 0.4) is 0 Å². The van der Waals surface area contributed by atoms with Gasteiger partial charge in [-0.1, -0.05) is 60.1 Å². The third-order valence-corrected chi connectivity index (χ3v) is 5.24. The van der Waals surface area contributed by atoms with Crippen LogP contribution in [0.1, 0.15) is 26.3 Å². The van der Waals surface area contributed by atoms with E-state index < -0.39 is 0 Å². The monoisotopic (exact) mass is 442 g/mol. The van der Waals surface area contributed by atoms with Crippen LogP contribution < -0.4 is 10.6 Å². The van der Waals surface area contributed by atoms with Crippen LogP contribution >= 0.6 is 27.5 Å². The predicted octanol–water partition coefficient (Wildman–Crippen LogP) is 5.28. The van der Waals surface area contributed by atoms with Crippen molar-refractivity contribution in [1.82, 2.24) is 5.32 Å². The number of nitrogens with one attached hydrogen (secondary N) is 2. The molecule has 0 saturated heterocycles. The first-order chi connectivity index (χ1) is 13.0. The van der Waals surface area contributed by atoms with E-state index in [0.717, 1.165) is 5.56 Å². The summed E-state index contributed by atoms with van der Waals surface area (Å²) in [4.78, 5) is 25.1. The second-order valence-electron chi connectivity index (χ2n) is 5.81. The van der Waals surface area contributed by atoms with Gasteiger partial charge in [0, 0.05) is 22.3 Å². The molecule has 2 N–H and O–H groups in total. The molecule has 3 aromatic carbocycles. The Labute approximate surface area is 170 Å². The fraction of sp³-hybridized carbons (Fsp3) is 0.0476. The van der Waals surface area contributed by atoms with E-state index in [4.69, 9.17) is 11.6 Å². The summed E-state index contributed by atoms with van der Waals surface area (Å²) < 4.78 is 0.442. The van der Waals surface area contributed by atoms with Crippen molar-refractivity contribution in [2.45, 2.75) is 6.54 Å². The predicted molar refractivity (Wildman–Crippen MR) is 111 cm³/mol. The van der Waals surface area contributed by atoms with Gasteiger partial charge in [-0.05, 0) is 45.8 Å². The van der Waals surface area contributed by atoms with Crippen LogP contribution in [0.15, 0.2) is 77.3 Å². The van der Waals surface area contributed by atoms with Crippen molar-refractivity contribution in [2.75, 3.05) is 5.32 Å². The van der Waals surface area contributed by atoms with E-state index in [1.54, 1.807) is 12.1 Å². The third kappa shape index (κ3) is 4.96. The van der Waals surface area contributed by atoms with Gasteiger partial charge < -0.3 is 10.6 Å². The Kier molecular flexibility index (Phi) is 6.27. The van der Waals surface area contributed by atoms with Gasteiger partial charge in [-0.3, -0.25) is 9.59 Å². The molecule has 4 nitrogen and oxygen atoms in total. The van der Waals surface area contributed by atoms with Gasteiger partial charge in [-0.15, -0.1) is 0 Å². The van der Waals surface area contributed by atoms with Crippen molar-refractivity contribution in [3.05, 3.63) is 99.0 Å². The number of halogens is 2. The Morgan fingerprint density at radius 3 is 2.19 bits per heavy atom. The summed E-state index contributed by atoms with van der Waals surface area (Å²) in [6, 6.07) is 21.7. The molecule has 6 heteroatoms. The molecule has 136 valence electrons. The summed E-state index contributed by atoms with van der Waals surface area (Å²) >= 11 is 9.55. The Morgan fingerprint density at radius 1 is 0.889 bits per heavy atom. The summed E-state index contributed by atoms with van der Waals surface area (Å²) in [6.07, 6.45) is 0. The van der Waals surface area contributed by atoms with E-state index in [9.17, 15) is 9.59 Å². The number of benzene rings is 3. The van der Waals surface area contributed by atoms with Crippen LogP contribution in [0.25, 0.3) is 0 Å². The van der Waals surface area contributed by atoms with Gasteiger partial charge in [0.05, 0.1) is 10.6 Å². The molecular formula is C21H16BrClN2O2. The third-order valence-electron chi connectivity index (χ3n) is 3.86. The molecule has 0 aliphatic heterocycles. The number of rotatable bonds is 5. The summed E-state index contributed by atoms with van der Waals surface area (Å²) in [5.74, 6) is -0.658. The van der Waals surface area contributed by atoms with E-state index in [0.29, 0.717) is 27.3 Å². The van der Waals surface area contributed by atoms with E-state index >= 15 is 0 Å². The molecule has 0 radical (unpaired) electrons. The topological polar surface area (TPSA) is 58.2 Å². The minimum atomic E-state index is -0.354. The van der Waals surface area contributed by atoms with Crippen LogP contribution in [-0.2, 0) is 6.54 Å². The number of anilines is 1. The molecule has 0 aliphatic rings. The lowest BCUT2D eigenvalue weighted by Gasteiger charge is -2.11. The first-order valence-corrected chi connectivity index (χ1v) is 9.39. The van der Waals surface area contributed by atoms with Crippen LogP contribution in [0.4, 0.5) is 5.69 Å². The second-order valence-corrected chi connectivity index (χ2v) is 7.01. The smallest absolute Gasteiger partial charge is 0.256 e. The molecular weight excluding hydrogens is 428 g/mol. The van der Waals surface area contributed by atoms with E-state index in [1.165, 1.54) is 12.1 Å². The van der Waals surface area contributed by atoms with Crippen molar-refractivity contribution in [1.29, 1.82) is 0 Å². The number of amides is 2. The minimum absolute atomic E-state index is 0.288. The quantitative estimate of drug-likeness (QED) is 0.563. The van der Waals surface area contributed by atoms with E-state index in [1.807, 2.05) is 48.5 Å². The highest BCUT2D eigenvalue weighted by Crippen LogP contribution is 2.29. The lowest BCUT2D eigenvalue weighted by Crippen LogP contribution is -2.23. The summed E-state index contributed by atoms with van der Waals surface area (Å²) in [5.41, 5.74) is 2.24. The molecule has 0 fully saturated rings. The van der Waals surface area contributed by atoms with Gasteiger partial charge in [-0.2, -0.15) is 0 Å². The van der Waals surface area contributed by atoms with Crippen LogP contribution in [0.5, 0.6) is 0 Å². The highest BCUT2D eigenvalue weighted by molar-refractivity contribution is 9.10. The largest absolute Gasteiger partial charge is 0.348 e.